The summed E-state index contributed by atoms with van der Waals surface area (Å²) in [7, 11) is 1.31. The summed E-state index contributed by atoms with van der Waals surface area (Å²) in [4.78, 5) is 27.5. The van der Waals surface area contributed by atoms with Crippen LogP contribution in [0.1, 0.15) is 20.8 Å². The van der Waals surface area contributed by atoms with E-state index >= 15 is 0 Å². The van der Waals surface area contributed by atoms with Crippen LogP contribution >= 0.6 is 23.1 Å². The number of anilines is 1. The third kappa shape index (κ3) is 4.85. The molecule has 0 fully saturated rings. The van der Waals surface area contributed by atoms with Crippen LogP contribution in [0.4, 0.5) is 5.13 Å². The van der Waals surface area contributed by atoms with Crippen LogP contribution in [0, 0.1) is 6.92 Å². The van der Waals surface area contributed by atoms with E-state index in [1.165, 1.54) is 36.2 Å². The molecule has 0 spiro atoms. The van der Waals surface area contributed by atoms with Crippen LogP contribution in [0.2, 0.25) is 0 Å². The number of carbonyl (C=O) groups excluding carboxylic acids is 2. The number of hydrogen-bond acceptors (Lipinski definition) is 6. The minimum Gasteiger partial charge on any atom is -0.465 e. The molecule has 1 N–H and O–H groups in total. The van der Waals surface area contributed by atoms with E-state index in [1.54, 1.807) is 0 Å². The third-order valence-corrected chi connectivity index (χ3v) is 4.66. The van der Waals surface area contributed by atoms with Crippen molar-refractivity contribution in [1.29, 1.82) is 0 Å². The van der Waals surface area contributed by atoms with E-state index in [2.05, 4.69) is 39.3 Å². The summed E-state index contributed by atoms with van der Waals surface area (Å²) in [5.74, 6) is 0.523. The van der Waals surface area contributed by atoms with Gasteiger partial charge in [-0.25, -0.2) is 9.78 Å². The summed E-state index contributed by atoms with van der Waals surface area (Å²) >= 11 is 2.63. The molecule has 0 aliphatic heterocycles. The SMILES string of the molecule is COC(=O)c1cnc(NC(=O)CSCc2ccc(C)cc2)s1. The van der Waals surface area contributed by atoms with Crippen LogP contribution in [0.15, 0.2) is 30.5 Å². The highest BCUT2D eigenvalue weighted by Gasteiger charge is 2.12. The number of aromatic nitrogens is 1. The summed E-state index contributed by atoms with van der Waals surface area (Å²) in [6, 6.07) is 8.23. The highest BCUT2D eigenvalue weighted by Crippen LogP contribution is 2.19. The number of methoxy groups -OCH3 is 1. The van der Waals surface area contributed by atoms with Gasteiger partial charge in [0.15, 0.2) is 5.13 Å². The molecule has 7 heteroatoms. The first-order chi connectivity index (χ1) is 10.6. The minimum atomic E-state index is -0.452. The van der Waals surface area contributed by atoms with E-state index in [9.17, 15) is 9.59 Å². The number of aryl methyl sites for hydroxylation is 1. The zero-order valence-electron chi connectivity index (χ0n) is 12.3. The molecule has 0 saturated heterocycles. The van der Waals surface area contributed by atoms with Gasteiger partial charge in [0, 0.05) is 5.75 Å². The molecule has 5 nitrogen and oxygen atoms in total. The standard InChI is InChI=1S/C15H16N2O3S2/c1-10-3-5-11(6-4-10)8-21-9-13(18)17-15-16-7-12(22-15)14(19)20-2/h3-7H,8-9H2,1-2H3,(H,16,17,18). The Balaban J connectivity index is 1.77. The Bertz CT molecular complexity index is 653. The van der Waals surface area contributed by atoms with E-state index < -0.39 is 5.97 Å². The van der Waals surface area contributed by atoms with Gasteiger partial charge in [-0.1, -0.05) is 41.2 Å². The molecule has 0 aliphatic rings. The molecule has 0 radical (unpaired) electrons. The summed E-state index contributed by atoms with van der Waals surface area (Å²) in [5.41, 5.74) is 2.40. The predicted octanol–water partition coefficient (Wildman–Crippen LogP) is 3.11. The van der Waals surface area contributed by atoms with Crippen LogP contribution in [0.5, 0.6) is 0 Å². The van der Waals surface area contributed by atoms with Crippen molar-refractivity contribution in [3.05, 3.63) is 46.5 Å². The fourth-order valence-electron chi connectivity index (χ4n) is 1.63. The molecule has 22 heavy (non-hydrogen) atoms. The second-order valence-electron chi connectivity index (χ2n) is 4.55. The van der Waals surface area contributed by atoms with Crippen molar-refractivity contribution in [2.24, 2.45) is 0 Å². The largest absolute Gasteiger partial charge is 0.465 e. The van der Waals surface area contributed by atoms with E-state index in [0.29, 0.717) is 15.8 Å². The molecule has 1 aromatic heterocycles. The number of nitrogens with one attached hydrogen (secondary N) is 1. The Morgan fingerprint density at radius 3 is 2.73 bits per heavy atom. The number of benzene rings is 1. The maximum Gasteiger partial charge on any atom is 0.349 e. The maximum absolute atomic E-state index is 11.8. The van der Waals surface area contributed by atoms with Gasteiger partial charge in [0.1, 0.15) is 4.88 Å². The molecule has 0 unspecified atom stereocenters. The molecule has 0 bridgehead atoms. The summed E-state index contributed by atoms with van der Waals surface area (Å²) in [5, 5.41) is 3.08. The van der Waals surface area contributed by atoms with Gasteiger partial charge in [0.05, 0.1) is 19.1 Å². The summed E-state index contributed by atoms with van der Waals surface area (Å²) in [6.45, 7) is 2.04. The predicted molar refractivity (Wildman–Crippen MR) is 89.4 cm³/mol. The molecule has 2 aromatic rings. The van der Waals surface area contributed by atoms with Crippen molar-refractivity contribution >= 4 is 40.1 Å². The highest BCUT2D eigenvalue weighted by molar-refractivity contribution is 7.99. The number of nitrogens with zero attached hydrogens (tertiary/aromatic N) is 1. The second kappa shape index (κ2) is 7.95. The van der Waals surface area contributed by atoms with Gasteiger partial charge in [-0.15, -0.1) is 11.8 Å². The van der Waals surface area contributed by atoms with Gasteiger partial charge >= 0.3 is 5.97 Å². The van der Waals surface area contributed by atoms with Gasteiger partial charge in [-0.3, -0.25) is 4.79 Å². The first-order valence-corrected chi connectivity index (χ1v) is 8.53. The molecule has 0 saturated carbocycles. The maximum atomic E-state index is 11.8. The van der Waals surface area contributed by atoms with Crippen molar-refractivity contribution in [2.45, 2.75) is 12.7 Å². The number of hydrogen-bond donors (Lipinski definition) is 1. The lowest BCUT2D eigenvalue weighted by Crippen LogP contribution is -2.13. The lowest BCUT2D eigenvalue weighted by Gasteiger charge is -2.03. The average Bonchev–Trinajstić information content (AvgIpc) is 2.97. The normalized spacial score (nSPS) is 10.3. The van der Waals surface area contributed by atoms with Crippen LogP contribution in [-0.2, 0) is 15.3 Å². The fraction of sp³-hybridized carbons (Fsp3) is 0.267. The van der Waals surface area contributed by atoms with Gasteiger partial charge in [-0.05, 0) is 12.5 Å². The molecule has 1 aromatic carbocycles. The molecule has 2 rings (SSSR count). The molecule has 1 heterocycles. The summed E-state index contributed by atoms with van der Waals surface area (Å²) in [6.07, 6.45) is 1.39. The Hall–Kier alpha value is -1.86. The number of esters is 1. The first kappa shape index (κ1) is 16.5. The van der Waals surface area contributed by atoms with Crippen LogP contribution in [0.3, 0.4) is 0 Å². The van der Waals surface area contributed by atoms with Crippen LogP contribution in [-0.4, -0.2) is 29.7 Å². The Kier molecular flexibility index (Phi) is 5.97. The highest BCUT2D eigenvalue weighted by atomic mass is 32.2. The molecular weight excluding hydrogens is 320 g/mol. The topological polar surface area (TPSA) is 68.3 Å². The number of amides is 1. The number of thiazole rings is 1. The van der Waals surface area contributed by atoms with Crippen molar-refractivity contribution < 1.29 is 14.3 Å². The van der Waals surface area contributed by atoms with Gasteiger partial charge in [-0.2, -0.15) is 0 Å². The Morgan fingerprint density at radius 2 is 2.05 bits per heavy atom. The number of ether oxygens (including phenoxy) is 1. The number of thioether (sulfide) groups is 1. The van der Waals surface area contributed by atoms with E-state index in [1.807, 2.05) is 6.92 Å². The molecule has 1 amide bonds. The van der Waals surface area contributed by atoms with Gasteiger partial charge < -0.3 is 10.1 Å². The lowest BCUT2D eigenvalue weighted by molar-refractivity contribution is -0.113. The quantitative estimate of drug-likeness (QED) is 0.821. The lowest BCUT2D eigenvalue weighted by atomic mass is 10.2. The van der Waals surface area contributed by atoms with E-state index in [-0.39, 0.29) is 5.91 Å². The fourth-order valence-corrected chi connectivity index (χ4v) is 3.17. The van der Waals surface area contributed by atoms with Crippen molar-refractivity contribution in [3.8, 4) is 0 Å². The Labute approximate surface area is 137 Å². The molecule has 0 aliphatic carbocycles. The van der Waals surface area contributed by atoms with Gasteiger partial charge in [0.2, 0.25) is 5.91 Å². The van der Waals surface area contributed by atoms with Crippen LogP contribution < -0.4 is 5.32 Å². The smallest absolute Gasteiger partial charge is 0.349 e. The van der Waals surface area contributed by atoms with Gasteiger partial charge in [0.25, 0.3) is 0 Å². The van der Waals surface area contributed by atoms with E-state index in [0.717, 1.165) is 17.1 Å². The average molecular weight is 336 g/mol. The zero-order valence-corrected chi connectivity index (χ0v) is 13.9. The van der Waals surface area contributed by atoms with Crippen molar-refractivity contribution in [2.75, 3.05) is 18.2 Å². The van der Waals surface area contributed by atoms with Crippen molar-refractivity contribution in [1.82, 2.24) is 4.98 Å². The Morgan fingerprint density at radius 1 is 1.32 bits per heavy atom. The number of rotatable bonds is 6. The molecule has 116 valence electrons. The monoisotopic (exact) mass is 336 g/mol. The molecule has 0 atom stereocenters. The first-order valence-electron chi connectivity index (χ1n) is 6.56. The van der Waals surface area contributed by atoms with E-state index in [4.69, 9.17) is 0 Å². The molecular formula is C15H16N2O3S2. The minimum absolute atomic E-state index is 0.136. The second-order valence-corrected chi connectivity index (χ2v) is 6.56. The summed E-state index contributed by atoms with van der Waals surface area (Å²) < 4.78 is 4.59. The van der Waals surface area contributed by atoms with Crippen LogP contribution in [0.25, 0.3) is 0 Å². The zero-order chi connectivity index (χ0) is 15.9. The third-order valence-electron chi connectivity index (χ3n) is 2.76. The number of carbonyl (C=O) groups is 2. The van der Waals surface area contributed by atoms with Crippen molar-refractivity contribution in [3.63, 3.8) is 0 Å².